The Bertz CT molecular complexity index is 756. The summed E-state index contributed by atoms with van der Waals surface area (Å²) < 4.78 is 2.20. The molecule has 0 amide bonds. The quantitative estimate of drug-likeness (QED) is 0.630. The van der Waals surface area contributed by atoms with E-state index in [1.165, 1.54) is 16.5 Å². The fourth-order valence-electron chi connectivity index (χ4n) is 2.80. The number of nitrogens with zero attached hydrogens (tertiary/aromatic N) is 1. The predicted octanol–water partition coefficient (Wildman–Crippen LogP) is 4.48. The van der Waals surface area contributed by atoms with Gasteiger partial charge >= 0.3 is 0 Å². The maximum atomic E-state index is 12.2. The van der Waals surface area contributed by atoms with Crippen LogP contribution in [0.15, 0.2) is 60.8 Å². The second kappa shape index (κ2) is 5.96. The minimum Gasteiger partial charge on any atom is -0.347 e. The summed E-state index contributed by atoms with van der Waals surface area (Å²) in [5, 5.41) is 1.25. The summed E-state index contributed by atoms with van der Waals surface area (Å²) in [6.45, 7) is 2.90. The molecule has 0 spiro atoms. The molecule has 0 atom stereocenters. The number of hydrogen-bond acceptors (Lipinski definition) is 1. The first-order valence-electron chi connectivity index (χ1n) is 7.44. The highest BCUT2D eigenvalue weighted by molar-refractivity contribution is 5.96. The van der Waals surface area contributed by atoms with Crippen molar-refractivity contribution in [2.24, 2.45) is 0 Å². The van der Waals surface area contributed by atoms with Gasteiger partial charge in [-0.05, 0) is 23.4 Å². The Morgan fingerprint density at radius 1 is 1.00 bits per heavy atom. The molecule has 0 aliphatic carbocycles. The van der Waals surface area contributed by atoms with Crippen LogP contribution in [-0.4, -0.2) is 10.4 Å². The van der Waals surface area contributed by atoms with Crippen molar-refractivity contribution in [2.45, 2.75) is 26.3 Å². The van der Waals surface area contributed by atoms with E-state index in [4.69, 9.17) is 0 Å². The number of rotatable bonds is 5. The van der Waals surface area contributed by atoms with Gasteiger partial charge in [0.15, 0.2) is 5.78 Å². The molecule has 3 aromatic rings. The molecule has 1 heterocycles. The topological polar surface area (TPSA) is 22.0 Å². The first kappa shape index (κ1) is 13.6. The largest absolute Gasteiger partial charge is 0.347 e. The van der Waals surface area contributed by atoms with Gasteiger partial charge in [-0.1, -0.05) is 55.5 Å². The molecule has 0 saturated heterocycles. The van der Waals surface area contributed by atoms with Crippen molar-refractivity contribution in [2.75, 3.05) is 0 Å². The SMILES string of the molecule is CCc1cccc2ccn(CCC(=O)c3ccccc3)c12. The van der Waals surface area contributed by atoms with Crippen molar-refractivity contribution >= 4 is 16.7 Å². The van der Waals surface area contributed by atoms with Gasteiger partial charge in [-0.25, -0.2) is 0 Å². The van der Waals surface area contributed by atoms with Gasteiger partial charge in [0.2, 0.25) is 0 Å². The fraction of sp³-hybridized carbons (Fsp3) is 0.211. The molecule has 0 unspecified atom stereocenters. The van der Waals surface area contributed by atoms with E-state index in [1.54, 1.807) is 0 Å². The molecule has 0 bridgehead atoms. The van der Waals surface area contributed by atoms with Crippen LogP contribution in [0.1, 0.15) is 29.3 Å². The van der Waals surface area contributed by atoms with Crippen LogP contribution in [0.5, 0.6) is 0 Å². The number of ketones is 1. The third kappa shape index (κ3) is 2.75. The number of aromatic nitrogens is 1. The van der Waals surface area contributed by atoms with Gasteiger partial charge in [-0.3, -0.25) is 4.79 Å². The molecule has 0 aliphatic rings. The number of aryl methyl sites for hydroxylation is 2. The van der Waals surface area contributed by atoms with E-state index in [2.05, 4.69) is 42.0 Å². The third-order valence-electron chi connectivity index (χ3n) is 3.93. The Hall–Kier alpha value is -2.35. The van der Waals surface area contributed by atoms with Gasteiger partial charge in [0, 0.05) is 24.7 Å². The highest BCUT2D eigenvalue weighted by Crippen LogP contribution is 2.21. The van der Waals surface area contributed by atoms with Crippen LogP contribution < -0.4 is 0 Å². The van der Waals surface area contributed by atoms with Gasteiger partial charge in [0.05, 0.1) is 5.52 Å². The van der Waals surface area contributed by atoms with Crippen molar-refractivity contribution < 1.29 is 4.79 Å². The zero-order chi connectivity index (χ0) is 14.7. The number of carbonyl (C=O) groups excluding carboxylic acids is 1. The maximum Gasteiger partial charge on any atom is 0.164 e. The molecule has 2 heteroatoms. The van der Waals surface area contributed by atoms with Crippen molar-refractivity contribution in [3.8, 4) is 0 Å². The number of carbonyl (C=O) groups is 1. The standard InChI is InChI=1S/C19H19NO/c1-2-15-9-6-10-17-11-13-20(19(15)17)14-12-18(21)16-7-4-3-5-8-16/h3-11,13H,2,12,14H2,1H3. The van der Waals surface area contributed by atoms with E-state index in [0.717, 1.165) is 18.5 Å². The lowest BCUT2D eigenvalue weighted by molar-refractivity contribution is 0.0977. The van der Waals surface area contributed by atoms with E-state index in [-0.39, 0.29) is 5.78 Å². The molecule has 0 radical (unpaired) electrons. The molecule has 0 fully saturated rings. The summed E-state index contributed by atoms with van der Waals surface area (Å²) in [6, 6.07) is 18.0. The van der Waals surface area contributed by atoms with E-state index in [9.17, 15) is 4.79 Å². The number of fused-ring (bicyclic) bond motifs is 1. The lowest BCUT2D eigenvalue weighted by Gasteiger charge is -2.08. The number of Topliss-reactive ketones (excluding diaryl/α,β-unsaturated/α-hetero) is 1. The van der Waals surface area contributed by atoms with E-state index < -0.39 is 0 Å². The summed E-state index contributed by atoms with van der Waals surface area (Å²) in [4.78, 5) is 12.2. The summed E-state index contributed by atoms with van der Waals surface area (Å²) in [5.41, 5.74) is 3.40. The molecular weight excluding hydrogens is 258 g/mol. The molecule has 2 nitrogen and oxygen atoms in total. The average molecular weight is 277 g/mol. The smallest absolute Gasteiger partial charge is 0.164 e. The Morgan fingerprint density at radius 3 is 2.57 bits per heavy atom. The zero-order valence-corrected chi connectivity index (χ0v) is 12.3. The van der Waals surface area contributed by atoms with Crippen molar-refractivity contribution in [1.29, 1.82) is 0 Å². The van der Waals surface area contributed by atoms with Crippen LogP contribution >= 0.6 is 0 Å². The lowest BCUT2D eigenvalue weighted by atomic mass is 10.1. The minimum absolute atomic E-state index is 0.200. The second-order valence-corrected chi connectivity index (χ2v) is 5.26. The molecule has 106 valence electrons. The Kier molecular flexibility index (Phi) is 3.87. The van der Waals surface area contributed by atoms with Crippen LogP contribution in [0.2, 0.25) is 0 Å². The maximum absolute atomic E-state index is 12.2. The summed E-state index contributed by atoms with van der Waals surface area (Å²) in [7, 11) is 0. The van der Waals surface area contributed by atoms with Crippen LogP contribution in [0.4, 0.5) is 0 Å². The number of hydrogen-bond donors (Lipinski definition) is 0. The molecule has 21 heavy (non-hydrogen) atoms. The summed E-state index contributed by atoms with van der Waals surface area (Å²) in [6.07, 6.45) is 3.63. The van der Waals surface area contributed by atoms with Gasteiger partial charge in [0.1, 0.15) is 0 Å². The van der Waals surface area contributed by atoms with Gasteiger partial charge in [-0.15, -0.1) is 0 Å². The summed E-state index contributed by atoms with van der Waals surface area (Å²) in [5.74, 6) is 0.200. The van der Waals surface area contributed by atoms with Crippen LogP contribution in [-0.2, 0) is 13.0 Å². The third-order valence-corrected chi connectivity index (χ3v) is 3.93. The minimum atomic E-state index is 0.200. The lowest BCUT2D eigenvalue weighted by Crippen LogP contribution is -2.06. The van der Waals surface area contributed by atoms with Gasteiger partial charge in [-0.2, -0.15) is 0 Å². The monoisotopic (exact) mass is 277 g/mol. The van der Waals surface area contributed by atoms with E-state index in [1.807, 2.05) is 30.3 Å². The van der Waals surface area contributed by atoms with E-state index in [0.29, 0.717) is 6.42 Å². The molecule has 0 aliphatic heterocycles. The van der Waals surface area contributed by atoms with Crippen molar-refractivity contribution in [3.05, 3.63) is 71.9 Å². The first-order chi connectivity index (χ1) is 10.3. The molecule has 3 rings (SSSR count). The zero-order valence-electron chi connectivity index (χ0n) is 12.3. The molecule has 2 aromatic carbocycles. The normalized spacial score (nSPS) is 10.9. The highest BCUT2D eigenvalue weighted by atomic mass is 16.1. The predicted molar refractivity (Wildman–Crippen MR) is 86.7 cm³/mol. The van der Waals surface area contributed by atoms with Crippen molar-refractivity contribution in [3.63, 3.8) is 0 Å². The number of para-hydroxylation sites is 1. The fourth-order valence-corrected chi connectivity index (χ4v) is 2.80. The molecule has 0 saturated carbocycles. The van der Waals surface area contributed by atoms with Crippen LogP contribution in [0.25, 0.3) is 10.9 Å². The van der Waals surface area contributed by atoms with Gasteiger partial charge < -0.3 is 4.57 Å². The first-order valence-corrected chi connectivity index (χ1v) is 7.44. The van der Waals surface area contributed by atoms with Gasteiger partial charge in [0.25, 0.3) is 0 Å². The molecule has 0 N–H and O–H groups in total. The van der Waals surface area contributed by atoms with Crippen LogP contribution in [0.3, 0.4) is 0 Å². The number of benzene rings is 2. The molecule has 1 aromatic heterocycles. The Balaban J connectivity index is 1.81. The Morgan fingerprint density at radius 2 is 1.81 bits per heavy atom. The summed E-state index contributed by atoms with van der Waals surface area (Å²) >= 11 is 0. The Labute approximate surface area is 125 Å². The van der Waals surface area contributed by atoms with Crippen LogP contribution in [0, 0.1) is 0 Å². The highest BCUT2D eigenvalue weighted by Gasteiger charge is 2.08. The van der Waals surface area contributed by atoms with Crippen molar-refractivity contribution in [1.82, 2.24) is 4.57 Å². The second-order valence-electron chi connectivity index (χ2n) is 5.26. The molecular formula is C19H19NO. The van der Waals surface area contributed by atoms with E-state index >= 15 is 0 Å². The average Bonchev–Trinajstić information content (AvgIpc) is 2.96.